The molecule has 1 unspecified atom stereocenters. The highest BCUT2D eigenvalue weighted by Crippen LogP contribution is 2.20. The van der Waals surface area contributed by atoms with Gasteiger partial charge >= 0.3 is 0 Å². The molecule has 0 spiro atoms. The SMILES string of the molecule is O=C(NCC1CCCO1)c1ccc(NC(=O)c2ccccc2OCCOc2ccccc2)cc1. The number of hydrogen-bond acceptors (Lipinski definition) is 5. The first-order chi connectivity index (χ1) is 16.7. The van der Waals surface area contributed by atoms with Gasteiger partial charge in [-0.2, -0.15) is 0 Å². The molecule has 0 aromatic heterocycles. The molecule has 1 atom stereocenters. The summed E-state index contributed by atoms with van der Waals surface area (Å²) in [6, 6.07) is 23.3. The van der Waals surface area contributed by atoms with E-state index in [9.17, 15) is 9.59 Å². The van der Waals surface area contributed by atoms with Crippen molar-refractivity contribution in [1.29, 1.82) is 0 Å². The molecule has 1 saturated heterocycles. The van der Waals surface area contributed by atoms with Crippen molar-refractivity contribution in [3.63, 3.8) is 0 Å². The van der Waals surface area contributed by atoms with Crippen molar-refractivity contribution in [1.82, 2.24) is 5.32 Å². The van der Waals surface area contributed by atoms with Gasteiger partial charge in [0.1, 0.15) is 24.7 Å². The second kappa shape index (κ2) is 11.9. The number of carbonyl (C=O) groups is 2. The van der Waals surface area contributed by atoms with E-state index in [1.807, 2.05) is 36.4 Å². The van der Waals surface area contributed by atoms with Crippen molar-refractivity contribution in [3.05, 3.63) is 90.0 Å². The van der Waals surface area contributed by atoms with Crippen LogP contribution in [-0.4, -0.2) is 44.3 Å². The van der Waals surface area contributed by atoms with Crippen LogP contribution in [0, 0.1) is 0 Å². The van der Waals surface area contributed by atoms with Gasteiger partial charge in [-0.05, 0) is 61.4 Å². The number of para-hydroxylation sites is 2. The van der Waals surface area contributed by atoms with Gasteiger partial charge in [0.15, 0.2) is 0 Å². The van der Waals surface area contributed by atoms with Crippen LogP contribution >= 0.6 is 0 Å². The van der Waals surface area contributed by atoms with E-state index in [0.29, 0.717) is 42.3 Å². The summed E-state index contributed by atoms with van der Waals surface area (Å²) in [5, 5.41) is 5.75. The fourth-order valence-corrected chi connectivity index (χ4v) is 3.63. The Bertz CT molecular complexity index is 1080. The Kier molecular flexibility index (Phi) is 8.13. The van der Waals surface area contributed by atoms with Gasteiger partial charge in [-0.1, -0.05) is 30.3 Å². The first-order valence-electron chi connectivity index (χ1n) is 11.4. The van der Waals surface area contributed by atoms with Crippen LogP contribution in [0.15, 0.2) is 78.9 Å². The Morgan fingerprint density at radius 3 is 2.35 bits per heavy atom. The van der Waals surface area contributed by atoms with Crippen molar-refractivity contribution < 1.29 is 23.8 Å². The quantitative estimate of drug-likeness (QED) is 0.441. The maximum Gasteiger partial charge on any atom is 0.259 e. The second-order valence-electron chi connectivity index (χ2n) is 7.88. The number of carbonyl (C=O) groups excluding carboxylic acids is 2. The van der Waals surface area contributed by atoms with Crippen molar-refractivity contribution in [2.75, 3.05) is 31.7 Å². The van der Waals surface area contributed by atoms with Gasteiger partial charge in [0, 0.05) is 24.4 Å². The molecule has 1 fully saturated rings. The fraction of sp³-hybridized carbons (Fsp3) is 0.259. The number of ether oxygens (including phenoxy) is 3. The monoisotopic (exact) mass is 460 g/mol. The van der Waals surface area contributed by atoms with Gasteiger partial charge in [0.05, 0.1) is 11.7 Å². The molecule has 0 aliphatic carbocycles. The van der Waals surface area contributed by atoms with Crippen molar-refractivity contribution >= 4 is 17.5 Å². The minimum absolute atomic E-state index is 0.0923. The van der Waals surface area contributed by atoms with E-state index >= 15 is 0 Å². The highest BCUT2D eigenvalue weighted by Gasteiger charge is 2.17. The molecule has 0 radical (unpaired) electrons. The number of amides is 2. The Balaban J connectivity index is 1.28. The summed E-state index contributed by atoms with van der Waals surface area (Å²) in [4.78, 5) is 25.2. The van der Waals surface area contributed by atoms with Crippen LogP contribution < -0.4 is 20.1 Å². The summed E-state index contributed by atoms with van der Waals surface area (Å²) in [7, 11) is 0. The smallest absolute Gasteiger partial charge is 0.259 e. The minimum atomic E-state index is -0.296. The van der Waals surface area contributed by atoms with Gasteiger partial charge in [0.2, 0.25) is 0 Å². The predicted octanol–water partition coefficient (Wildman–Crippen LogP) is 4.31. The van der Waals surface area contributed by atoms with Crippen LogP contribution in [0.1, 0.15) is 33.6 Å². The molecule has 34 heavy (non-hydrogen) atoms. The van der Waals surface area contributed by atoms with E-state index in [0.717, 1.165) is 25.2 Å². The van der Waals surface area contributed by atoms with E-state index in [1.54, 1.807) is 42.5 Å². The fourth-order valence-electron chi connectivity index (χ4n) is 3.63. The second-order valence-corrected chi connectivity index (χ2v) is 7.88. The largest absolute Gasteiger partial charge is 0.490 e. The number of nitrogens with one attached hydrogen (secondary N) is 2. The molecule has 3 aromatic rings. The molecule has 7 heteroatoms. The molecular weight excluding hydrogens is 432 g/mol. The number of hydrogen-bond donors (Lipinski definition) is 2. The molecule has 0 saturated carbocycles. The van der Waals surface area contributed by atoms with E-state index in [4.69, 9.17) is 14.2 Å². The zero-order chi connectivity index (χ0) is 23.6. The van der Waals surface area contributed by atoms with Crippen LogP contribution in [0.2, 0.25) is 0 Å². The Morgan fingerprint density at radius 1 is 0.853 bits per heavy atom. The molecule has 1 heterocycles. The van der Waals surface area contributed by atoms with E-state index in [2.05, 4.69) is 10.6 Å². The van der Waals surface area contributed by atoms with E-state index in [1.165, 1.54) is 0 Å². The molecular formula is C27H28N2O5. The van der Waals surface area contributed by atoms with Gasteiger partial charge in [0.25, 0.3) is 11.8 Å². The highest BCUT2D eigenvalue weighted by atomic mass is 16.5. The Labute approximate surface area is 199 Å². The van der Waals surface area contributed by atoms with Crippen LogP contribution in [0.3, 0.4) is 0 Å². The predicted molar refractivity (Wildman–Crippen MR) is 130 cm³/mol. The summed E-state index contributed by atoms with van der Waals surface area (Å²) in [6.45, 7) is 1.92. The van der Waals surface area contributed by atoms with Crippen molar-refractivity contribution in [2.24, 2.45) is 0 Å². The summed E-state index contributed by atoms with van der Waals surface area (Å²) in [5.41, 5.74) is 1.53. The number of benzene rings is 3. The summed E-state index contributed by atoms with van der Waals surface area (Å²) in [6.07, 6.45) is 2.09. The van der Waals surface area contributed by atoms with Gasteiger partial charge in [-0.15, -0.1) is 0 Å². The zero-order valence-electron chi connectivity index (χ0n) is 18.9. The average Bonchev–Trinajstić information content (AvgIpc) is 3.40. The van der Waals surface area contributed by atoms with Crippen molar-refractivity contribution in [3.8, 4) is 11.5 Å². The molecule has 1 aliphatic rings. The Hall–Kier alpha value is -3.84. The lowest BCUT2D eigenvalue weighted by atomic mass is 10.1. The van der Waals surface area contributed by atoms with E-state index < -0.39 is 0 Å². The highest BCUT2D eigenvalue weighted by molar-refractivity contribution is 6.06. The first-order valence-corrected chi connectivity index (χ1v) is 11.4. The lowest BCUT2D eigenvalue weighted by Crippen LogP contribution is -2.31. The normalized spacial score (nSPS) is 14.9. The molecule has 2 N–H and O–H groups in total. The average molecular weight is 461 g/mol. The van der Waals surface area contributed by atoms with Crippen LogP contribution in [0.25, 0.3) is 0 Å². The summed E-state index contributed by atoms with van der Waals surface area (Å²) in [5.74, 6) is 0.780. The molecule has 1 aliphatic heterocycles. The molecule has 4 rings (SSSR count). The maximum atomic E-state index is 12.8. The number of rotatable bonds is 10. The maximum absolute atomic E-state index is 12.8. The third-order valence-electron chi connectivity index (χ3n) is 5.40. The lowest BCUT2D eigenvalue weighted by molar-refractivity contribution is 0.0857. The third kappa shape index (κ3) is 6.59. The minimum Gasteiger partial charge on any atom is -0.490 e. The molecule has 7 nitrogen and oxygen atoms in total. The van der Waals surface area contributed by atoms with Gasteiger partial charge in [-0.3, -0.25) is 9.59 Å². The topological polar surface area (TPSA) is 85.9 Å². The van der Waals surface area contributed by atoms with Crippen LogP contribution in [0.4, 0.5) is 5.69 Å². The zero-order valence-corrected chi connectivity index (χ0v) is 18.9. The van der Waals surface area contributed by atoms with E-state index in [-0.39, 0.29) is 17.9 Å². The van der Waals surface area contributed by atoms with Crippen LogP contribution in [-0.2, 0) is 4.74 Å². The van der Waals surface area contributed by atoms with Gasteiger partial charge < -0.3 is 24.8 Å². The van der Waals surface area contributed by atoms with Crippen molar-refractivity contribution in [2.45, 2.75) is 18.9 Å². The standard InChI is InChI=1S/C27H28N2O5/c30-26(28-19-23-9-6-16-32-23)20-12-14-21(15-13-20)29-27(31)24-10-4-5-11-25(24)34-18-17-33-22-7-2-1-3-8-22/h1-5,7-8,10-15,23H,6,9,16-19H2,(H,28,30)(H,29,31). The molecule has 2 amide bonds. The number of anilines is 1. The third-order valence-corrected chi connectivity index (χ3v) is 5.40. The first kappa shape index (κ1) is 23.3. The molecule has 3 aromatic carbocycles. The summed E-state index contributed by atoms with van der Waals surface area (Å²) < 4.78 is 16.9. The van der Waals surface area contributed by atoms with Crippen LogP contribution in [0.5, 0.6) is 11.5 Å². The summed E-state index contributed by atoms with van der Waals surface area (Å²) >= 11 is 0. The van der Waals surface area contributed by atoms with Gasteiger partial charge in [-0.25, -0.2) is 0 Å². The molecule has 176 valence electrons. The molecule has 0 bridgehead atoms. The lowest BCUT2D eigenvalue weighted by Gasteiger charge is -2.13. The Morgan fingerprint density at radius 2 is 1.59 bits per heavy atom.